The van der Waals surface area contributed by atoms with E-state index in [2.05, 4.69) is 11.1 Å². The van der Waals surface area contributed by atoms with Gasteiger partial charge in [-0.15, -0.1) is 0 Å². The summed E-state index contributed by atoms with van der Waals surface area (Å²) < 4.78 is 77.2. The predicted octanol–water partition coefficient (Wildman–Crippen LogP) is 1.85. The van der Waals surface area contributed by atoms with E-state index in [0.29, 0.717) is 0 Å². The van der Waals surface area contributed by atoms with Gasteiger partial charge >= 0.3 is 17.8 Å². The van der Waals surface area contributed by atoms with Crippen LogP contribution in [0, 0.1) is 0 Å². The lowest BCUT2D eigenvalue weighted by Crippen LogP contribution is -2.55. The van der Waals surface area contributed by atoms with Gasteiger partial charge in [0.25, 0.3) is 0 Å². The topological polar surface area (TPSA) is 38.0 Å². The third kappa shape index (κ3) is 3.00. The lowest BCUT2D eigenvalue weighted by atomic mass is 9.99. The fourth-order valence-electron chi connectivity index (χ4n) is 1.04. The molecule has 8 heteroatoms. The molecule has 98 valence electrons. The third-order valence-corrected chi connectivity index (χ3v) is 2.07. The van der Waals surface area contributed by atoms with Gasteiger partial charge in [0, 0.05) is 19.4 Å². The molecule has 0 saturated heterocycles. The van der Waals surface area contributed by atoms with Gasteiger partial charge in [0.05, 0.1) is 0 Å². The summed E-state index contributed by atoms with van der Waals surface area (Å²) in [6.07, 6.45) is -2.84. The van der Waals surface area contributed by atoms with E-state index in [0.717, 1.165) is 0 Å². The van der Waals surface area contributed by atoms with Gasteiger partial charge in [0.15, 0.2) is 0 Å². The molecule has 0 atom stereocenters. The van der Waals surface area contributed by atoms with E-state index in [4.69, 9.17) is 0 Å². The first-order chi connectivity index (χ1) is 7.12. The van der Waals surface area contributed by atoms with Crippen molar-refractivity contribution in [3.05, 3.63) is 0 Å². The Morgan fingerprint density at radius 2 is 1.38 bits per heavy atom. The Labute approximate surface area is 89.2 Å². The summed E-state index contributed by atoms with van der Waals surface area (Å²) in [5, 5.41) is 2.20. The number of hydrogen-bond donors (Lipinski definition) is 2. The fourth-order valence-corrected chi connectivity index (χ4v) is 1.04. The first kappa shape index (κ1) is 15.5. The van der Waals surface area contributed by atoms with Crippen LogP contribution in [-0.4, -0.2) is 37.9 Å². The molecule has 0 aliphatic rings. The molecule has 0 unspecified atom stereocenters. The van der Waals surface area contributed by atoms with Crippen LogP contribution in [0.4, 0.5) is 26.3 Å². The molecule has 0 heterocycles. The Bertz CT molecular complexity index is 219. The zero-order valence-electron chi connectivity index (χ0n) is 8.67. The zero-order chi connectivity index (χ0) is 13.0. The third-order valence-electron chi connectivity index (χ3n) is 2.07. The Morgan fingerprint density at radius 1 is 0.938 bits per heavy atom. The van der Waals surface area contributed by atoms with Crippen LogP contribution in [0.5, 0.6) is 0 Å². The quantitative estimate of drug-likeness (QED) is 0.679. The molecule has 0 saturated carbocycles. The van der Waals surface area contributed by atoms with Crippen molar-refractivity contribution in [1.82, 2.24) is 5.32 Å². The Morgan fingerprint density at radius 3 is 1.75 bits per heavy atom. The largest absolute Gasteiger partial charge is 0.371 e. The van der Waals surface area contributed by atoms with Crippen molar-refractivity contribution in [3.8, 4) is 0 Å². The second-order valence-corrected chi connectivity index (χ2v) is 3.38. The molecule has 0 radical (unpaired) electrons. The summed E-state index contributed by atoms with van der Waals surface area (Å²) in [7, 11) is 1.26. The number of alkyl halides is 6. The van der Waals surface area contributed by atoms with Gasteiger partial charge in [-0.1, -0.05) is 0 Å². The molecule has 0 rings (SSSR count). The second-order valence-electron chi connectivity index (χ2n) is 3.38. The normalized spacial score (nSPS) is 14.2. The zero-order valence-corrected chi connectivity index (χ0v) is 8.67. The minimum atomic E-state index is -5.39. The van der Waals surface area contributed by atoms with Gasteiger partial charge in [-0.3, -0.25) is 0 Å². The van der Waals surface area contributed by atoms with Gasteiger partial charge in [-0.25, -0.2) is 0 Å². The van der Waals surface area contributed by atoms with Crippen molar-refractivity contribution in [2.24, 2.45) is 5.73 Å². The Kier molecular flexibility index (Phi) is 5.06. The molecule has 0 aromatic rings. The van der Waals surface area contributed by atoms with E-state index in [-0.39, 0.29) is 0 Å². The molecular weight excluding hydrogens is 238 g/mol. The molecule has 0 bridgehead atoms. The number of hydrogen-bond acceptors (Lipinski definition) is 2. The van der Waals surface area contributed by atoms with Gasteiger partial charge in [-0.2, -0.15) is 26.3 Å². The lowest BCUT2D eigenvalue weighted by Gasteiger charge is -2.32. The maximum absolute atomic E-state index is 12.9. The monoisotopic (exact) mass is 252 g/mol. The summed E-state index contributed by atoms with van der Waals surface area (Å²) in [5.74, 6) is -15.0. The molecule has 16 heavy (non-hydrogen) atoms. The standard InChI is InChI=1S/C8H14F6N2/c1-16-5-3-7(11,12)8(13,14)6(9,10)2-4-15/h16H,2-5,15H2,1H3. The van der Waals surface area contributed by atoms with Gasteiger partial charge in [0.2, 0.25) is 0 Å². The van der Waals surface area contributed by atoms with Crippen LogP contribution in [0.25, 0.3) is 0 Å². The highest BCUT2D eigenvalue weighted by molar-refractivity contribution is 4.96. The smallest absolute Gasteiger partial charge is 0.330 e. The van der Waals surface area contributed by atoms with Crippen molar-refractivity contribution < 1.29 is 26.3 Å². The van der Waals surface area contributed by atoms with E-state index >= 15 is 0 Å². The van der Waals surface area contributed by atoms with E-state index in [1.54, 1.807) is 0 Å². The Hall–Kier alpha value is -0.500. The van der Waals surface area contributed by atoms with Gasteiger partial charge in [0.1, 0.15) is 0 Å². The highest BCUT2D eigenvalue weighted by Gasteiger charge is 2.70. The van der Waals surface area contributed by atoms with E-state index in [1.165, 1.54) is 7.05 Å². The first-order valence-electron chi connectivity index (χ1n) is 4.60. The van der Waals surface area contributed by atoms with Crippen LogP contribution in [0.1, 0.15) is 12.8 Å². The van der Waals surface area contributed by atoms with E-state index in [1.807, 2.05) is 0 Å². The minimum absolute atomic E-state index is 0.485. The molecule has 2 nitrogen and oxygen atoms in total. The second kappa shape index (κ2) is 5.22. The summed E-state index contributed by atoms with van der Waals surface area (Å²) in [6.45, 7) is -1.27. The lowest BCUT2D eigenvalue weighted by molar-refractivity contribution is -0.310. The number of nitrogens with one attached hydrogen (secondary N) is 1. The fraction of sp³-hybridized carbons (Fsp3) is 1.00. The molecule has 0 aromatic heterocycles. The molecule has 0 aliphatic heterocycles. The predicted molar refractivity (Wildman–Crippen MR) is 47.1 cm³/mol. The summed E-state index contributed by atoms with van der Waals surface area (Å²) in [5.41, 5.74) is 4.68. The summed E-state index contributed by atoms with van der Waals surface area (Å²) >= 11 is 0. The maximum Gasteiger partial charge on any atom is 0.371 e. The van der Waals surface area contributed by atoms with Crippen LogP contribution in [-0.2, 0) is 0 Å². The van der Waals surface area contributed by atoms with E-state index in [9.17, 15) is 26.3 Å². The molecule has 0 amide bonds. The highest BCUT2D eigenvalue weighted by atomic mass is 19.3. The molecule has 0 aromatic carbocycles. The molecule has 3 N–H and O–H groups in total. The molecular formula is C8H14F6N2. The van der Waals surface area contributed by atoms with Crippen molar-refractivity contribution in [2.75, 3.05) is 20.1 Å². The van der Waals surface area contributed by atoms with Gasteiger partial charge < -0.3 is 11.1 Å². The van der Waals surface area contributed by atoms with Crippen molar-refractivity contribution in [3.63, 3.8) is 0 Å². The van der Waals surface area contributed by atoms with E-state index < -0.39 is 43.7 Å². The van der Waals surface area contributed by atoms with Crippen LogP contribution >= 0.6 is 0 Å². The van der Waals surface area contributed by atoms with Crippen molar-refractivity contribution in [1.29, 1.82) is 0 Å². The number of halogens is 6. The molecule has 0 spiro atoms. The van der Waals surface area contributed by atoms with Crippen LogP contribution in [0.15, 0.2) is 0 Å². The minimum Gasteiger partial charge on any atom is -0.330 e. The SMILES string of the molecule is CNCCC(F)(F)C(F)(F)C(F)(F)CCN. The van der Waals surface area contributed by atoms with Crippen molar-refractivity contribution in [2.45, 2.75) is 30.6 Å². The summed E-state index contributed by atoms with van der Waals surface area (Å²) in [4.78, 5) is 0. The first-order valence-corrected chi connectivity index (χ1v) is 4.60. The van der Waals surface area contributed by atoms with Crippen LogP contribution in [0.3, 0.4) is 0 Å². The number of rotatable bonds is 7. The highest BCUT2D eigenvalue weighted by Crippen LogP contribution is 2.48. The number of nitrogens with two attached hydrogens (primary N) is 1. The molecule has 0 fully saturated rings. The van der Waals surface area contributed by atoms with Crippen molar-refractivity contribution >= 4 is 0 Å². The summed E-state index contributed by atoms with van der Waals surface area (Å²) in [6, 6.07) is 0. The average Bonchev–Trinajstić information content (AvgIpc) is 2.14. The molecule has 0 aliphatic carbocycles. The average molecular weight is 252 g/mol. The van der Waals surface area contributed by atoms with Gasteiger partial charge in [-0.05, 0) is 13.6 Å². The van der Waals surface area contributed by atoms with Crippen LogP contribution in [0.2, 0.25) is 0 Å². The Balaban J connectivity index is 4.86. The maximum atomic E-state index is 12.9. The van der Waals surface area contributed by atoms with Crippen LogP contribution < -0.4 is 11.1 Å².